The third kappa shape index (κ3) is 2.81. The highest BCUT2D eigenvalue weighted by Gasteiger charge is 2.28. The normalized spacial score (nSPS) is 20.1. The van der Waals surface area contributed by atoms with Crippen molar-refractivity contribution >= 4 is 15.9 Å². The standard InChI is InChI=1S/C14H18N2O4S/c17-14(15-5-2-6-15)12-3-1-4-13(11-12)21(18,19)16-7-9-20-10-8-16/h1,3-4,11H,2,5-10H2. The molecule has 1 aromatic rings. The van der Waals surface area contributed by atoms with Gasteiger partial charge in [0.25, 0.3) is 5.91 Å². The van der Waals surface area contributed by atoms with Crippen molar-refractivity contribution in [2.45, 2.75) is 11.3 Å². The predicted octanol–water partition coefficient (Wildman–Crippen LogP) is 0.553. The lowest BCUT2D eigenvalue weighted by molar-refractivity contribution is 0.0651. The van der Waals surface area contributed by atoms with Gasteiger partial charge in [0.1, 0.15) is 0 Å². The van der Waals surface area contributed by atoms with Gasteiger partial charge in [0.2, 0.25) is 10.0 Å². The van der Waals surface area contributed by atoms with Crippen LogP contribution in [0.15, 0.2) is 29.2 Å². The Bertz CT molecular complexity index is 634. The van der Waals surface area contributed by atoms with Crippen molar-refractivity contribution in [2.75, 3.05) is 39.4 Å². The summed E-state index contributed by atoms with van der Waals surface area (Å²) < 4.78 is 31.7. The van der Waals surface area contributed by atoms with Gasteiger partial charge in [0.05, 0.1) is 18.1 Å². The van der Waals surface area contributed by atoms with E-state index in [-0.39, 0.29) is 10.8 Å². The summed E-state index contributed by atoms with van der Waals surface area (Å²) in [6, 6.07) is 6.31. The molecule has 2 saturated heterocycles. The van der Waals surface area contributed by atoms with E-state index in [0.717, 1.165) is 19.5 Å². The Hall–Kier alpha value is -1.44. The van der Waals surface area contributed by atoms with Crippen molar-refractivity contribution in [3.63, 3.8) is 0 Å². The lowest BCUT2D eigenvalue weighted by atomic mass is 10.1. The maximum Gasteiger partial charge on any atom is 0.253 e. The van der Waals surface area contributed by atoms with Crippen LogP contribution in [0.1, 0.15) is 16.8 Å². The van der Waals surface area contributed by atoms with Crippen LogP contribution >= 0.6 is 0 Å². The number of nitrogens with zero attached hydrogens (tertiary/aromatic N) is 2. The summed E-state index contributed by atoms with van der Waals surface area (Å²) in [7, 11) is -3.55. The molecule has 0 aliphatic carbocycles. The molecule has 0 N–H and O–H groups in total. The summed E-state index contributed by atoms with van der Waals surface area (Å²) in [5.41, 5.74) is 0.434. The molecule has 114 valence electrons. The molecule has 1 amide bonds. The van der Waals surface area contributed by atoms with Gasteiger partial charge in [0.15, 0.2) is 0 Å². The fourth-order valence-corrected chi connectivity index (χ4v) is 3.88. The molecule has 0 radical (unpaired) electrons. The summed E-state index contributed by atoms with van der Waals surface area (Å²) in [5, 5.41) is 0. The Morgan fingerprint density at radius 2 is 1.81 bits per heavy atom. The molecule has 0 aromatic heterocycles. The van der Waals surface area contributed by atoms with Crippen molar-refractivity contribution in [1.29, 1.82) is 0 Å². The largest absolute Gasteiger partial charge is 0.379 e. The topological polar surface area (TPSA) is 66.9 Å². The Labute approximate surface area is 124 Å². The van der Waals surface area contributed by atoms with E-state index in [4.69, 9.17) is 4.74 Å². The van der Waals surface area contributed by atoms with Crippen molar-refractivity contribution in [3.05, 3.63) is 29.8 Å². The van der Waals surface area contributed by atoms with Crippen molar-refractivity contribution in [2.24, 2.45) is 0 Å². The average Bonchev–Trinajstić information content (AvgIpc) is 2.46. The minimum absolute atomic E-state index is 0.0970. The quantitative estimate of drug-likeness (QED) is 0.818. The molecular weight excluding hydrogens is 292 g/mol. The summed E-state index contributed by atoms with van der Waals surface area (Å²) in [6.45, 7) is 3.02. The fourth-order valence-electron chi connectivity index (χ4n) is 2.43. The first kappa shape index (κ1) is 14.5. The summed E-state index contributed by atoms with van der Waals surface area (Å²) in [4.78, 5) is 14.1. The highest BCUT2D eigenvalue weighted by Crippen LogP contribution is 2.20. The average molecular weight is 310 g/mol. The SMILES string of the molecule is O=C(c1cccc(S(=O)(=O)N2CCOCC2)c1)N1CCC1. The number of rotatable bonds is 3. The molecule has 6 nitrogen and oxygen atoms in total. The summed E-state index contributed by atoms with van der Waals surface area (Å²) >= 11 is 0. The molecule has 2 heterocycles. The van der Waals surface area contributed by atoms with Gasteiger partial charge >= 0.3 is 0 Å². The van der Waals surface area contributed by atoms with E-state index in [2.05, 4.69) is 0 Å². The molecule has 1 aromatic carbocycles. The highest BCUT2D eigenvalue weighted by molar-refractivity contribution is 7.89. The van der Waals surface area contributed by atoms with Gasteiger partial charge in [-0.1, -0.05) is 6.07 Å². The fraction of sp³-hybridized carbons (Fsp3) is 0.500. The molecule has 0 spiro atoms. The molecule has 0 saturated carbocycles. The van der Waals surface area contributed by atoms with Crippen LogP contribution in [0, 0.1) is 0 Å². The highest BCUT2D eigenvalue weighted by atomic mass is 32.2. The van der Waals surface area contributed by atoms with Crippen LogP contribution in [-0.4, -0.2) is 62.9 Å². The van der Waals surface area contributed by atoms with Gasteiger partial charge in [-0.15, -0.1) is 0 Å². The third-order valence-electron chi connectivity index (χ3n) is 3.83. The number of carbonyl (C=O) groups is 1. The molecule has 0 atom stereocenters. The summed E-state index contributed by atoms with van der Waals surface area (Å²) in [5.74, 6) is -0.0970. The number of likely N-dealkylation sites (tertiary alicyclic amines) is 1. The second-order valence-corrected chi connectivity index (χ2v) is 7.13. The maximum absolute atomic E-state index is 12.6. The van der Waals surface area contributed by atoms with Gasteiger partial charge in [-0.25, -0.2) is 8.42 Å². The van der Waals surface area contributed by atoms with E-state index in [0.29, 0.717) is 31.9 Å². The Balaban J connectivity index is 1.86. The molecule has 7 heteroatoms. The van der Waals surface area contributed by atoms with E-state index in [9.17, 15) is 13.2 Å². The van der Waals surface area contributed by atoms with E-state index in [1.54, 1.807) is 17.0 Å². The number of benzene rings is 1. The van der Waals surface area contributed by atoms with Gasteiger partial charge in [-0.3, -0.25) is 4.79 Å². The van der Waals surface area contributed by atoms with Crippen molar-refractivity contribution < 1.29 is 17.9 Å². The Morgan fingerprint density at radius 1 is 1.10 bits per heavy atom. The molecule has 2 aliphatic heterocycles. The number of morpholine rings is 1. The molecular formula is C14H18N2O4S. The second kappa shape index (κ2) is 5.75. The zero-order chi connectivity index (χ0) is 14.9. The number of amides is 1. The molecule has 3 rings (SSSR count). The number of carbonyl (C=O) groups excluding carboxylic acids is 1. The van der Waals surface area contributed by atoms with Crippen LogP contribution < -0.4 is 0 Å². The second-order valence-electron chi connectivity index (χ2n) is 5.19. The molecule has 2 aliphatic rings. The smallest absolute Gasteiger partial charge is 0.253 e. The van der Waals surface area contributed by atoms with E-state index in [1.807, 2.05) is 0 Å². The number of sulfonamides is 1. The van der Waals surface area contributed by atoms with Gasteiger partial charge in [-0.2, -0.15) is 4.31 Å². The van der Waals surface area contributed by atoms with Crippen molar-refractivity contribution in [3.8, 4) is 0 Å². The van der Waals surface area contributed by atoms with E-state index in [1.165, 1.54) is 16.4 Å². The number of hydrogen-bond donors (Lipinski definition) is 0. The minimum Gasteiger partial charge on any atom is -0.379 e. The zero-order valence-electron chi connectivity index (χ0n) is 11.7. The Kier molecular flexibility index (Phi) is 3.97. The molecule has 21 heavy (non-hydrogen) atoms. The van der Waals surface area contributed by atoms with Crippen LogP contribution in [0.3, 0.4) is 0 Å². The van der Waals surface area contributed by atoms with Crippen LogP contribution in [0.25, 0.3) is 0 Å². The van der Waals surface area contributed by atoms with E-state index >= 15 is 0 Å². The van der Waals surface area contributed by atoms with E-state index < -0.39 is 10.0 Å². The lowest BCUT2D eigenvalue weighted by Gasteiger charge is -2.31. The monoisotopic (exact) mass is 310 g/mol. The van der Waals surface area contributed by atoms with Crippen LogP contribution in [0.5, 0.6) is 0 Å². The molecule has 2 fully saturated rings. The first-order valence-corrected chi connectivity index (χ1v) is 8.50. The lowest BCUT2D eigenvalue weighted by Crippen LogP contribution is -2.42. The maximum atomic E-state index is 12.6. The van der Waals surface area contributed by atoms with Gasteiger partial charge < -0.3 is 9.64 Å². The predicted molar refractivity (Wildman–Crippen MR) is 76.5 cm³/mol. The zero-order valence-corrected chi connectivity index (χ0v) is 12.5. The minimum atomic E-state index is -3.55. The van der Waals surface area contributed by atoms with Crippen molar-refractivity contribution in [1.82, 2.24) is 9.21 Å². The van der Waals surface area contributed by atoms with Gasteiger partial charge in [-0.05, 0) is 24.6 Å². The van der Waals surface area contributed by atoms with Crippen LogP contribution in [0.2, 0.25) is 0 Å². The van der Waals surface area contributed by atoms with Crippen LogP contribution in [0.4, 0.5) is 0 Å². The van der Waals surface area contributed by atoms with Crippen LogP contribution in [-0.2, 0) is 14.8 Å². The number of hydrogen-bond acceptors (Lipinski definition) is 4. The third-order valence-corrected chi connectivity index (χ3v) is 5.73. The molecule has 0 bridgehead atoms. The number of ether oxygens (including phenoxy) is 1. The molecule has 0 unspecified atom stereocenters. The van der Waals surface area contributed by atoms with Gasteiger partial charge in [0, 0.05) is 31.7 Å². The summed E-state index contributed by atoms with van der Waals surface area (Å²) in [6.07, 6.45) is 1.01. The first-order valence-electron chi connectivity index (χ1n) is 7.06. The Morgan fingerprint density at radius 3 is 2.43 bits per heavy atom. The first-order chi connectivity index (χ1) is 10.1.